The third-order valence-corrected chi connectivity index (χ3v) is 32.9. The molecule has 10 aromatic carbocycles. The van der Waals surface area contributed by atoms with Crippen LogP contribution in [0.2, 0.25) is 0 Å². The smallest absolute Gasteiger partial charge is 0.0654 e. The molecule has 0 N–H and O–H groups in total. The van der Waals surface area contributed by atoms with E-state index in [1.165, 1.54) is 262 Å². The second-order valence-electron chi connectivity index (χ2n) is 27.1. The molecule has 5 aliphatic heterocycles. The summed E-state index contributed by atoms with van der Waals surface area (Å²) in [4.78, 5) is 8.14. The van der Waals surface area contributed by atoms with Crippen LogP contribution >= 0.6 is 0 Å². The van der Waals surface area contributed by atoms with Crippen LogP contribution in [-0.4, -0.2) is 57.5 Å². The first-order valence-electron chi connectivity index (χ1n) is 36.7. The van der Waals surface area contributed by atoms with Gasteiger partial charge >= 0.3 is 0 Å². The molecule has 0 nitrogen and oxygen atoms in total. The van der Waals surface area contributed by atoms with Crippen LogP contribution in [-0.2, 0) is 73.7 Å². The second kappa shape index (κ2) is 36.0. The maximum atomic E-state index is 2.45. The van der Waals surface area contributed by atoms with E-state index in [2.05, 4.69) is 224 Å². The van der Waals surface area contributed by atoms with Crippen molar-refractivity contribution in [3.63, 3.8) is 0 Å². The molecule has 5 saturated heterocycles. The molecule has 0 aromatic heterocycles. The fourth-order valence-electron chi connectivity index (χ4n) is 15.1. The van der Waals surface area contributed by atoms with Gasteiger partial charge in [0.25, 0.3) is 0 Å². The number of hydrogen-bond acceptors (Lipinski definition) is 0. The van der Waals surface area contributed by atoms with E-state index in [1.54, 1.807) is 30.0 Å². The molecule has 93 heavy (non-hydrogen) atoms. The summed E-state index contributed by atoms with van der Waals surface area (Å²) < 4.78 is 0. The minimum Gasteiger partial charge on any atom is -0.0654 e. The topological polar surface area (TPSA) is 0 Å². The van der Waals surface area contributed by atoms with Crippen molar-refractivity contribution in [1.29, 1.82) is 0 Å². The number of rotatable bonds is 12. The number of fused-ring (bicyclic) bond motifs is 5. The van der Waals surface area contributed by atoms with Gasteiger partial charge in [0.15, 0.2) is 24.5 Å². The molecular formula is C88H111S5+5. The highest BCUT2D eigenvalue weighted by Gasteiger charge is 2.32. The zero-order chi connectivity index (χ0) is 64.1. The standard InChI is InChI=1S/C19H25S.2C18H23S.C17H21S.C16H19S/c1-2-3-9-16-12-13-19(20-14-7-4-8-15-20)18-11-6-5-10-17(16)18;1-14(2)15-10-11-18(19-12-6-3-7-13-19)17-9-5-4-8-16(15)17;1-2-8-15-11-12-18(19-13-6-3-7-14-19)17-10-5-4-9-16(15)17;1-2-14-10-11-17(18-12-6-3-7-13-18)16-9-5-4-8-15(14)16;1-13-9-10-16(17-11-5-2-6-12-17)15-8-4-3-7-14(13)15/h5-6,10-13H,2-4,7-9,14-15H2,1H3;4-5,8-11,14H,3,6-7,12-13H2,1-2H3;4-5,9-12H,2-3,6-8,13-14H2,1H3;4-5,8-11H,2-3,6-7,12-13H2,1H3;3-4,7-10H,2,5-6,11-12H2,1H3/q5*+1. The Morgan fingerprint density at radius 2 is 0.548 bits per heavy atom. The van der Waals surface area contributed by atoms with Crippen LogP contribution in [0.3, 0.4) is 0 Å². The number of hydrogen-bond donors (Lipinski definition) is 0. The number of aryl methyl sites for hydroxylation is 4. The van der Waals surface area contributed by atoms with Crippen molar-refractivity contribution < 1.29 is 0 Å². The molecule has 5 fully saturated rings. The SMILES string of the molecule is CC(C)c1ccc([S+]2CCCCC2)c2ccccc12.CCCCc1ccc([S+]2CCCCC2)c2ccccc12.CCCc1ccc([S+]2CCCCC2)c2ccccc12.CCc1ccc([S+]2CCCCC2)c2ccccc12.Cc1ccc([S+]2CCCCC2)c2ccccc12. The predicted octanol–water partition coefficient (Wildman–Crippen LogP) is 24.3. The van der Waals surface area contributed by atoms with E-state index in [4.69, 9.17) is 0 Å². The van der Waals surface area contributed by atoms with Gasteiger partial charge in [0.2, 0.25) is 0 Å². The molecule has 5 heterocycles. The molecule has 0 atom stereocenters. The lowest BCUT2D eigenvalue weighted by molar-refractivity contribution is 0.756. The van der Waals surface area contributed by atoms with Crippen LogP contribution in [0, 0.1) is 6.92 Å². The Morgan fingerprint density at radius 1 is 0.269 bits per heavy atom. The Bertz CT molecular complexity index is 3940. The zero-order valence-corrected chi connectivity index (χ0v) is 61.9. The van der Waals surface area contributed by atoms with Gasteiger partial charge < -0.3 is 0 Å². The van der Waals surface area contributed by atoms with Crippen molar-refractivity contribution in [3.05, 3.63) is 210 Å². The second-order valence-corrected chi connectivity index (χ2v) is 38.3. The van der Waals surface area contributed by atoms with E-state index in [0.717, 1.165) is 6.42 Å². The lowest BCUT2D eigenvalue weighted by Gasteiger charge is -2.17. The Labute approximate surface area is 577 Å². The Balaban J connectivity index is 0.000000119. The summed E-state index contributed by atoms with van der Waals surface area (Å²) in [6.45, 7) is 13.6. The van der Waals surface area contributed by atoms with Crippen LogP contribution in [0.4, 0.5) is 0 Å². The van der Waals surface area contributed by atoms with Crippen molar-refractivity contribution in [2.24, 2.45) is 0 Å². The zero-order valence-electron chi connectivity index (χ0n) is 57.9. The van der Waals surface area contributed by atoms with Gasteiger partial charge in [-0.3, -0.25) is 0 Å². The molecule has 0 radical (unpaired) electrons. The van der Waals surface area contributed by atoms with Gasteiger partial charge in [-0.15, -0.1) is 0 Å². The van der Waals surface area contributed by atoms with E-state index in [-0.39, 0.29) is 0 Å². The third kappa shape index (κ3) is 17.9. The fourth-order valence-corrected chi connectivity index (χ4v) is 27.6. The van der Waals surface area contributed by atoms with Gasteiger partial charge in [0.05, 0.1) is 0 Å². The average molecular weight is 1330 g/mol. The van der Waals surface area contributed by atoms with Crippen LogP contribution in [0.5, 0.6) is 0 Å². The quantitative estimate of drug-likeness (QED) is 0.107. The summed E-state index contributed by atoms with van der Waals surface area (Å²) >= 11 is 0. The maximum absolute atomic E-state index is 2.45. The van der Waals surface area contributed by atoms with E-state index in [1.807, 2.05) is 0 Å². The van der Waals surface area contributed by atoms with Crippen molar-refractivity contribution >= 4 is 108 Å². The average Bonchev–Trinajstić information content (AvgIpc) is 3.47. The molecule has 5 heteroatoms. The van der Waals surface area contributed by atoms with Gasteiger partial charge in [-0.1, -0.05) is 169 Å². The van der Waals surface area contributed by atoms with E-state index >= 15 is 0 Å². The number of unbranched alkanes of at least 4 members (excludes halogenated alkanes) is 1. The third-order valence-electron chi connectivity index (χ3n) is 20.2. The molecule has 10 aromatic rings. The molecule has 0 unspecified atom stereocenters. The van der Waals surface area contributed by atoms with Crippen molar-refractivity contribution in [3.8, 4) is 0 Å². The number of benzene rings is 10. The molecule has 15 rings (SSSR count). The van der Waals surface area contributed by atoms with E-state index in [0.29, 0.717) is 60.4 Å². The minimum absolute atomic E-state index is 0.496. The van der Waals surface area contributed by atoms with E-state index in [9.17, 15) is 0 Å². The van der Waals surface area contributed by atoms with Crippen molar-refractivity contribution in [2.75, 3.05) is 57.5 Å². The first-order valence-corrected chi connectivity index (χ1v) is 44.5. The van der Waals surface area contributed by atoms with Gasteiger partial charge in [-0.2, -0.15) is 0 Å². The van der Waals surface area contributed by atoms with E-state index < -0.39 is 0 Å². The first kappa shape index (κ1) is 69.6. The first-order chi connectivity index (χ1) is 45.8. The highest BCUT2D eigenvalue weighted by molar-refractivity contribution is 7.98. The molecule has 0 spiro atoms. The maximum Gasteiger partial charge on any atom is 0.162 e. The van der Waals surface area contributed by atoms with Crippen LogP contribution in [0.15, 0.2) is 206 Å². The monoisotopic (exact) mass is 1330 g/mol. The van der Waals surface area contributed by atoms with Gasteiger partial charge in [0, 0.05) is 81.4 Å². The Hall–Kier alpha value is -4.75. The summed E-state index contributed by atoms with van der Waals surface area (Å²) in [7, 11) is 2.52. The molecular weight excluding hydrogens is 1220 g/mol. The molecule has 5 aliphatic rings. The highest BCUT2D eigenvalue weighted by atomic mass is 32.2. The summed E-state index contributed by atoms with van der Waals surface area (Å²) in [6, 6.07) is 69.0. The van der Waals surface area contributed by atoms with Crippen LogP contribution < -0.4 is 0 Å². The molecule has 0 aliphatic carbocycles. The minimum atomic E-state index is 0.496. The van der Waals surface area contributed by atoms with Gasteiger partial charge in [-0.25, -0.2) is 0 Å². The summed E-state index contributed by atoms with van der Waals surface area (Å²) in [5.74, 6) is 14.7. The molecule has 488 valence electrons. The largest absolute Gasteiger partial charge is 0.162 e. The van der Waals surface area contributed by atoms with Crippen molar-refractivity contribution in [2.45, 2.75) is 207 Å². The van der Waals surface area contributed by atoms with Crippen LogP contribution in [0.1, 0.15) is 184 Å². The molecule has 0 bridgehead atoms. The molecule has 0 saturated carbocycles. The predicted molar refractivity (Wildman–Crippen MR) is 427 cm³/mol. The Kier molecular flexibility index (Phi) is 26.9. The normalized spacial score (nSPS) is 17.1. The highest BCUT2D eigenvalue weighted by Crippen LogP contribution is 2.38. The van der Waals surface area contributed by atoms with Crippen molar-refractivity contribution in [1.82, 2.24) is 0 Å². The fraction of sp³-hybridized carbons (Fsp3) is 0.432. The summed E-state index contributed by atoms with van der Waals surface area (Å²) in [6.07, 6.45) is 28.8. The Morgan fingerprint density at radius 3 is 0.892 bits per heavy atom. The summed E-state index contributed by atoms with van der Waals surface area (Å²) in [5.41, 5.74) is 7.48. The van der Waals surface area contributed by atoms with Gasteiger partial charge in [-0.05, 0) is 250 Å². The lowest BCUT2D eigenvalue weighted by atomic mass is 9.96. The molecule has 0 amide bonds. The van der Waals surface area contributed by atoms with Gasteiger partial charge in [0.1, 0.15) is 57.5 Å². The van der Waals surface area contributed by atoms with Crippen LogP contribution in [0.25, 0.3) is 53.9 Å². The summed E-state index contributed by atoms with van der Waals surface area (Å²) in [5, 5.41) is 15.0. The lowest BCUT2D eigenvalue weighted by Crippen LogP contribution is -2.18.